The second-order valence-corrected chi connectivity index (χ2v) is 6.02. The number of hydrogen-bond acceptors (Lipinski definition) is 4. The van der Waals surface area contributed by atoms with Crippen LogP contribution in [0.1, 0.15) is 30.3 Å². The van der Waals surface area contributed by atoms with E-state index in [1.165, 1.54) is 18.4 Å². The summed E-state index contributed by atoms with van der Waals surface area (Å²) in [5.74, 6) is 1.08. The van der Waals surface area contributed by atoms with Crippen LogP contribution in [-0.2, 0) is 13.1 Å². The number of nitrogens with one attached hydrogen (secondary N) is 1. The largest absolute Gasteiger partial charge is 0.315 e. The first kappa shape index (κ1) is 13.0. The molecule has 5 heteroatoms. The minimum atomic E-state index is 0.414. The molecule has 110 valence electrons. The van der Waals surface area contributed by atoms with E-state index in [1.807, 2.05) is 6.33 Å². The third kappa shape index (κ3) is 2.84. The van der Waals surface area contributed by atoms with Crippen LogP contribution >= 0.6 is 0 Å². The molecule has 0 spiro atoms. The van der Waals surface area contributed by atoms with Crippen LogP contribution in [0.3, 0.4) is 0 Å². The van der Waals surface area contributed by atoms with Crippen molar-refractivity contribution in [2.45, 2.75) is 38.0 Å². The Kier molecular flexibility index (Phi) is 3.45. The zero-order valence-corrected chi connectivity index (χ0v) is 12.2. The Morgan fingerprint density at radius 1 is 1.19 bits per heavy atom. The molecule has 2 heterocycles. The van der Waals surface area contributed by atoms with Crippen molar-refractivity contribution in [3.05, 3.63) is 48.0 Å². The molecule has 21 heavy (non-hydrogen) atoms. The van der Waals surface area contributed by atoms with Crippen LogP contribution in [0.15, 0.2) is 36.7 Å². The van der Waals surface area contributed by atoms with E-state index in [2.05, 4.69) is 55.3 Å². The number of rotatable bonds is 5. The normalized spacial score (nSPS) is 20.2. The summed E-state index contributed by atoms with van der Waals surface area (Å²) in [7, 11) is 0. The first-order valence-corrected chi connectivity index (χ1v) is 7.79. The smallest absolute Gasteiger partial charge is 0.147 e. The summed E-state index contributed by atoms with van der Waals surface area (Å²) in [6.45, 7) is 3.93. The van der Waals surface area contributed by atoms with Crippen LogP contribution in [0.4, 0.5) is 0 Å². The fraction of sp³-hybridized carbons (Fsp3) is 0.500. The Morgan fingerprint density at radius 2 is 2.05 bits per heavy atom. The van der Waals surface area contributed by atoms with E-state index in [4.69, 9.17) is 0 Å². The van der Waals surface area contributed by atoms with Crippen LogP contribution in [0.2, 0.25) is 0 Å². The summed E-state index contributed by atoms with van der Waals surface area (Å²) in [6.07, 6.45) is 4.50. The number of benzene rings is 1. The van der Waals surface area contributed by atoms with E-state index in [-0.39, 0.29) is 0 Å². The maximum absolute atomic E-state index is 4.24. The summed E-state index contributed by atoms with van der Waals surface area (Å²) in [5, 5.41) is 12.0. The maximum Gasteiger partial charge on any atom is 0.147 e. The Balaban J connectivity index is 1.54. The number of hydrogen-bond donors (Lipinski definition) is 1. The Morgan fingerprint density at radius 3 is 2.86 bits per heavy atom. The lowest BCUT2D eigenvalue weighted by atomic mass is 10.0. The highest BCUT2D eigenvalue weighted by Crippen LogP contribution is 2.26. The summed E-state index contributed by atoms with van der Waals surface area (Å²) in [6, 6.07) is 12.0. The molecule has 1 aromatic carbocycles. The van der Waals surface area contributed by atoms with Crippen molar-refractivity contribution in [3.8, 4) is 0 Å². The van der Waals surface area contributed by atoms with E-state index in [1.54, 1.807) is 0 Å². The average molecular weight is 283 g/mol. The molecule has 1 aliphatic heterocycles. The lowest BCUT2D eigenvalue weighted by Crippen LogP contribution is -2.41. The van der Waals surface area contributed by atoms with Crippen LogP contribution in [0.5, 0.6) is 0 Å². The number of fused-ring (bicyclic) bond motifs is 1. The van der Waals surface area contributed by atoms with Crippen molar-refractivity contribution < 1.29 is 0 Å². The number of aromatic nitrogens is 3. The molecular weight excluding hydrogens is 262 g/mol. The minimum absolute atomic E-state index is 0.414. The molecule has 0 radical (unpaired) electrons. The lowest BCUT2D eigenvalue weighted by molar-refractivity contribution is 0.149. The molecule has 1 unspecified atom stereocenters. The average Bonchev–Trinajstić information content (AvgIpc) is 3.24. The SMILES string of the molecule is c1ccc(C(CNC2CC2)N2CCn3cnnc3C2)cc1. The highest BCUT2D eigenvalue weighted by atomic mass is 15.3. The van der Waals surface area contributed by atoms with Gasteiger partial charge in [-0.25, -0.2) is 0 Å². The summed E-state index contributed by atoms with van der Waals surface area (Å²) >= 11 is 0. The molecule has 0 amide bonds. The first-order valence-electron chi connectivity index (χ1n) is 7.79. The van der Waals surface area contributed by atoms with Gasteiger partial charge in [-0.1, -0.05) is 30.3 Å². The Bertz CT molecular complexity index is 590. The van der Waals surface area contributed by atoms with Gasteiger partial charge in [-0.15, -0.1) is 10.2 Å². The van der Waals surface area contributed by atoms with Gasteiger partial charge in [0.1, 0.15) is 12.2 Å². The van der Waals surface area contributed by atoms with Gasteiger partial charge in [-0.05, 0) is 18.4 Å². The van der Waals surface area contributed by atoms with Gasteiger partial charge in [-0.3, -0.25) is 4.90 Å². The van der Waals surface area contributed by atoms with E-state index < -0.39 is 0 Å². The van der Waals surface area contributed by atoms with Gasteiger partial charge in [0.15, 0.2) is 0 Å². The second kappa shape index (κ2) is 5.58. The van der Waals surface area contributed by atoms with Gasteiger partial charge in [0.05, 0.1) is 6.54 Å². The third-order valence-corrected chi connectivity index (χ3v) is 4.47. The van der Waals surface area contributed by atoms with Crippen LogP contribution in [0.25, 0.3) is 0 Å². The maximum atomic E-state index is 4.24. The van der Waals surface area contributed by atoms with E-state index >= 15 is 0 Å². The van der Waals surface area contributed by atoms with Crippen LogP contribution in [0, 0.1) is 0 Å². The molecule has 1 aliphatic carbocycles. The van der Waals surface area contributed by atoms with Crippen molar-refractivity contribution in [3.63, 3.8) is 0 Å². The molecular formula is C16H21N5. The third-order valence-electron chi connectivity index (χ3n) is 4.47. The summed E-state index contributed by atoms with van der Waals surface area (Å²) in [4.78, 5) is 2.52. The standard InChI is InChI=1S/C16H21N5/c1-2-4-13(5-3-1)15(10-17-14-6-7-14)20-8-9-21-12-18-19-16(21)11-20/h1-5,12,14-15,17H,6-11H2. The van der Waals surface area contributed by atoms with Gasteiger partial charge >= 0.3 is 0 Å². The van der Waals surface area contributed by atoms with Gasteiger partial charge in [0.2, 0.25) is 0 Å². The molecule has 2 aliphatic rings. The van der Waals surface area contributed by atoms with Gasteiger partial charge < -0.3 is 9.88 Å². The fourth-order valence-electron chi connectivity index (χ4n) is 3.05. The van der Waals surface area contributed by atoms with Crippen LogP contribution in [-0.4, -0.2) is 38.8 Å². The monoisotopic (exact) mass is 283 g/mol. The molecule has 2 aromatic rings. The molecule has 0 saturated heterocycles. The minimum Gasteiger partial charge on any atom is -0.315 e. The topological polar surface area (TPSA) is 46.0 Å². The van der Waals surface area contributed by atoms with Gasteiger partial charge in [0, 0.05) is 31.7 Å². The molecule has 1 atom stereocenters. The second-order valence-electron chi connectivity index (χ2n) is 6.02. The molecule has 1 N–H and O–H groups in total. The molecule has 1 fully saturated rings. The van der Waals surface area contributed by atoms with E-state index in [0.29, 0.717) is 6.04 Å². The van der Waals surface area contributed by atoms with Crippen LogP contribution < -0.4 is 5.32 Å². The predicted octanol–water partition coefficient (Wildman–Crippen LogP) is 1.59. The summed E-state index contributed by atoms with van der Waals surface area (Å²) < 4.78 is 2.16. The van der Waals surface area contributed by atoms with E-state index in [9.17, 15) is 0 Å². The van der Waals surface area contributed by atoms with Gasteiger partial charge in [0.25, 0.3) is 0 Å². The van der Waals surface area contributed by atoms with Gasteiger partial charge in [-0.2, -0.15) is 0 Å². The van der Waals surface area contributed by atoms with Crippen molar-refractivity contribution in [1.29, 1.82) is 0 Å². The highest BCUT2D eigenvalue weighted by Gasteiger charge is 2.28. The molecule has 5 nitrogen and oxygen atoms in total. The number of nitrogens with zero attached hydrogens (tertiary/aromatic N) is 4. The Labute approximate surface area is 125 Å². The molecule has 1 aromatic heterocycles. The quantitative estimate of drug-likeness (QED) is 0.905. The molecule has 0 bridgehead atoms. The van der Waals surface area contributed by atoms with E-state index in [0.717, 1.165) is 38.0 Å². The van der Waals surface area contributed by atoms with Crippen molar-refractivity contribution in [2.75, 3.05) is 13.1 Å². The molecule has 1 saturated carbocycles. The molecule has 4 rings (SSSR count). The summed E-state index contributed by atoms with van der Waals surface area (Å²) in [5.41, 5.74) is 1.39. The van der Waals surface area contributed by atoms with Crippen molar-refractivity contribution >= 4 is 0 Å². The highest BCUT2D eigenvalue weighted by molar-refractivity contribution is 5.20. The Hall–Kier alpha value is -1.72. The van der Waals surface area contributed by atoms with Crippen molar-refractivity contribution in [2.24, 2.45) is 0 Å². The zero-order chi connectivity index (χ0) is 14.1. The fourth-order valence-corrected chi connectivity index (χ4v) is 3.05. The van der Waals surface area contributed by atoms with Crippen molar-refractivity contribution in [1.82, 2.24) is 25.0 Å². The zero-order valence-electron chi connectivity index (χ0n) is 12.2. The lowest BCUT2D eigenvalue weighted by Gasteiger charge is -2.35. The first-order chi connectivity index (χ1) is 10.4. The predicted molar refractivity (Wildman–Crippen MR) is 80.6 cm³/mol.